The van der Waals surface area contributed by atoms with Gasteiger partial charge in [0.25, 0.3) is 5.91 Å². The van der Waals surface area contributed by atoms with E-state index >= 15 is 0 Å². The van der Waals surface area contributed by atoms with Crippen LogP contribution in [0.3, 0.4) is 0 Å². The number of fused-ring (bicyclic) bond motifs is 7. The number of nitrogens with zero attached hydrogens (tertiary/aromatic N) is 3. The Labute approximate surface area is 353 Å². The van der Waals surface area contributed by atoms with Gasteiger partial charge in [0.1, 0.15) is 41.3 Å². The lowest BCUT2D eigenvalue weighted by molar-refractivity contribution is -0.143. The van der Waals surface area contributed by atoms with Crippen LogP contribution in [0.4, 0.5) is 13.6 Å². The summed E-state index contributed by atoms with van der Waals surface area (Å²) in [5, 5.41) is 4.72. The molecule has 4 amide bonds. The van der Waals surface area contributed by atoms with Crippen LogP contribution >= 0.6 is 0 Å². The number of ether oxygens (including phenoxy) is 3. The fourth-order valence-corrected chi connectivity index (χ4v) is 11.3. The van der Waals surface area contributed by atoms with Gasteiger partial charge in [-0.3, -0.25) is 19.1 Å². The molecule has 0 radical (unpaired) electrons. The molecule has 1 aromatic heterocycles. The number of sulfonamides is 1. The van der Waals surface area contributed by atoms with Crippen molar-refractivity contribution in [2.75, 3.05) is 13.7 Å². The van der Waals surface area contributed by atoms with Gasteiger partial charge in [0, 0.05) is 22.7 Å². The van der Waals surface area contributed by atoms with Gasteiger partial charge < -0.3 is 29.7 Å². The fraction of sp³-hybridized carbons (Fsp3) is 0.714. The second-order valence-corrected chi connectivity index (χ2v) is 21.0. The third kappa shape index (κ3) is 8.45. The number of halogens is 2. The Morgan fingerprint density at radius 2 is 1.82 bits per heavy atom. The van der Waals surface area contributed by atoms with E-state index in [1.54, 1.807) is 46.9 Å². The highest BCUT2D eigenvalue weighted by molar-refractivity contribution is 7.91. The molecule has 15 nitrogen and oxygen atoms in total. The molecular weight excluding hydrogens is 803 g/mol. The van der Waals surface area contributed by atoms with Crippen molar-refractivity contribution in [1.82, 2.24) is 30.2 Å². The molecule has 6 aliphatic rings. The lowest BCUT2D eigenvalue weighted by Gasteiger charge is -2.36. The Balaban J connectivity index is 0.00000249. The van der Waals surface area contributed by atoms with Gasteiger partial charge in [-0.15, -0.1) is 0 Å². The molecule has 4 aliphatic carbocycles. The molecule has 10 atom stereocenters. The average molecular weight is 865 g/mol. The van der Waals surface area contributed by atoms with Gasteiger partial charge in [-0.25, -0.2) is 32.0 Å². The van der Waals surface area contributed by atoms with Crippen LogP contribution in [0.5, 0.6) is 11.6 Å². The maximum Gasteiger partial charge on any atom is 0.408 e. The SMILES string of the molecule is COc1ccc2nc3c(nc2c1)O[C@H]1CN(C(=O)[C@H](C(C)(C)C)NC(=O)O[C@@H]2C[C@@H]4CC4[C@H]2CCCCC3)[C@H](C(=O)N[C@]2(C(=O)NS(=O)(=O)C3CC3)C[C@H]2CC(F)F)[C@@H]1C.[HH].[HH].[HH]. The number of rotatable bonds is 8. The molecule has 8 rings (SSSR count). The van der Waals surface area contributed by atoms with Crippen LogP contribution in [0.15, 0.2) is 18.2 Å². The van der Waals surface area contributed by atoms with E-state index in [1.165, 1.54) is 4.90 Å². The summed E-state index contributed by atoms with van der Waals surface area (Å²) in [4.78, 5) is 68.2. The average Bonchev–Trinajstić information content (AvgIpc) is 4.12. The second-order valence-electron chi connectivity index (χ2n) is 19.0. The van der Waals surface area contributed by atoms with Gasteiger partial charge >= 0.3 is 6.09 Å². The first-order valence-electron chi connectivity index (χ1n) is 21.3. The Kier molecular flexibility index (Phi) is 11.2. The van der Waals surface area contributed by atoms with Crippen molar-refractivity contribution in [2.45, 2.75) is 140 Å². The minimum atomic E-state index is -4.09. The monoisotopic (exact) mass is 864 g/mol. The van der Waals surface area contributed by atoms with E-state index in [0.717, 1.165) is 38.5 Å². The highest BCUT2D eigenvalue weighted by Gasteiger charge is 2.64. The van der Waals surface area contributed by atoms with E-state index in [2.05, 4.69) is 10.6 Å². The Bertz CT molecular complexity index is 2170. The van der Waals surface area contributed by atoms with E-state index in [-0.39, 0.29) is 35.1 Å². The van der Waals surface area contributed by atoms with E-state index in [9.17, 15) is 36.4 Å². The van der Waals surface area contributed by atoms with E-state index in [1.807, 2.05) is 10.8 Å². The zero-order valence-electron chi connectivity index (χ0n) is 34.7. The summed E-state index contributed by atoms with van der Waals surface area (Å²) in [7, 11) is -2.54. The minimum Gasteiger partial charge on any atom is -0.497 e. The van der Waals surface area contributed by atoms with Crippen LogP contribution in [-0.4, -0.2) is 102 Å². The topological polar surface area (TPSA) is 195 Å². The highest BCUT2D eigenvalue weighted by atomic mass is 32.2. The summed E-state index contributed by atoms with van der Waals surface area (Å²) in [6, 6.07) is 2.83. The predicted octanol–water partition coefficient (Wildman–Crippen LogP) is 5.39. The quantitative estimate of drug-likeness (QED) is 0.308. The predicted molar refractivity (Wildman–Crippen MR) is 220 cm³/mol. The molecule has 1 aromatic carbocycles. The van der Waals surface area contributed by atoms with Gasteiger partial charge in [0.15, 0.2) is 0 Å². The standard InChI is InChI=1S/C42H56F2N6O9S.3H2/c1-21-32-20-50(34(21)36(51)48-42(19-23(42)17-33(43)44)39(53)49-60(55,56)25-12-13-25)38(52)35(41(2,3)4)47-40(54)59-31-16-22-15-27(22)26(31)9-7-6-8-10-29-37(58-32)46-30-18-24(57-5)11-14-28(30)45-29;;;/h11,14,18,21-23,25-27,31-35H,6-10,12-13,15-17,19-20H2,1-5H3,(H,47,54)(H,48,51)(H,49,53);3*1H/t21-,22+,23-,26-,27?,31-,32+,34+,35-,42-;;;/m1.../s1. The molecule has 334 valence electrons. The van der Waals surface area contributed by atoms with Gasteiger partial charge in [-0.2, -0.15) is 0 Å². The van der Waals surface area contributed by atoms with Crippen LogP contribution in [0.25, 0.3) is 11.0 Å². The number of methoxy groups -OCH3 is 1. The zero-order valence-corrected chi connectivity index (χ0v) is 35.6. The summed E-state index contributed by atoms with van der Waals surface area (Å²) in [6.07, 6.45) is 0.986. The van der Waals surface area contributed by atoms with Crippen LogP contribution < -0.4 is 24.8 Å². The first-order chi connectivity index (χ1) is 28.4. The molecule has 5 fully saturated rings. The zero-order chi connectivity index (χ0) is 42.9. The number of carbonyl (C=O) groups excluding carboxylic acids is 4. The molecular formula is C42H62F2N6O9S. The van der Waals surface area contributed by atoms with Crippen LogP contribution in [0, 0.1) is 35.0 Å². The molecule has 2 aliphatic heterocycles. The molecule has 4 saturated carbocycles. The molecule has 2 bridgehead atoms. The Hall–Kier alpha value is -4.35. The van der Waals surface area contributed by atoms with Crippen molar-refractivity contribution >= 4 is 44.9 Å². The summed E-state index contributed by atoms with van der Waals surface area (Å²) in [6.45, 7) is 6.89. The number of aryl methyl sites for hydroxylation is 1. The number of hydrogen-bond acceptors (Lipinski definition) is 11. The summed E-state index contributed by atoms with van der Waals surface area (Å²) >= 11 is 0. The first kappa shape index (κ1) is 42.3. The fourth-order valence-electron chi connectivity index (χ4n) is 9.89. The van der Waals surface area contributed by atoms with Crippen molar-refractivity contribution in [3.8, 4) is 11.6 Å². The number of nitrogens with one attached hydrogen (secondary N) is 3. The lowest BCUT2D eigenvalue weighted by Crippen LogP contribution is -2.61. The van der Waals surface area contributed by atoms with Crippen molar-refractivity contribution < 1.29 is 54.9 Å². The number of hydrogen-bond donors (Lipinski definition) is 3. The van der Waals surface area contributed by atoms with Crippen molar-refractivity contribution in [1.29, 1.82) is 0 Å². The molecule has 0 spiro atoms. The molecule has 2 aromatic rings. The van der Waals surface area contributed by atoms with Crippen molar-refractivity contribution in [2.24, 2.45) is 35.0 Å². The van der Waals surface area contributed by atoms with E-state index < -0.39 is 92.9 Å². The van der Waals surface area contributed by atoms with Gasteiger partial charge in [0.2, 0.25) is 34.1 Å². The van der Waals surface area contributed by atoms with E-state index in [4.69, 9.17) is 24.2 Å². The van der Waals surface area contributed by atoms with Crippen LogP contribution in [0.2, 0.25) is 0 Å². The molecule has 1 unspecified atom stereocenters. The summed E-state index contributed by atoms with van der Waals surface area (Å²) in [5.74, 6) is -2.36. The third-order valence-electron chi connectivity index (χ3n) is 13.7. The number of alkyl carbamates (subject to hydrolysis) is 1. The minimum absolute atomic E-state index is 0. The third-order valence-corrected chi connectivity index (χ3v) is 15.5. The number of aromatic nitrogens is 2. The largest absolute Gasteiger partial charge is 0.497 e. The van der Waals surface area contributed by atoms with Gasteiger partial charge in [-0.1, -0.05) is 40.5 Å². The first-order valence-corrected chi connectivity index (χ1v) is 22.9. The number of carbonyl (C=O) groups is 4. The van der Waals surface area contributed by atoms with Crippen LogP contribution in [0.1, 0.15) is 102 Å². The highest BCUT2D eigenvalue weighted by Crippen LogP contribution is 2.58. The summed E-state index contributed by atoms with van der Waals surface area (Å²) < 4.78 is 73.5. The maximum absolute atomic E-state index is 14.9. The molecule has 60 heavy (non-hydrogen) atoms. The lowest BCUT2D eigenvalue weighted by atomic mass is 9.85. The van der Waals surface area contributed by atoms with E-state index in [0.29, 0.717) is 53.6 Å². The smallest absolute Gasteiger partial charge is 0.408 e. The summed E-state index contributed by atoms with van der Waals surface area (Å²) in [5.41, 5.74) is -1.08. The van der Waals surface area contributed by atoms with Gasteiger partial charge in [-0.05, 0) is 92.6 Å². The molecule has 3 heterocycles. The Morgan fingerprint density at radius 3 is 2.52 bits per heavy atom. The molecule has 18 heteroatoms. The number of alkyl halides is 2. The van der Waals surface area contributed by atoms with Crippen molar-refractivity contribution in [3.63, 3.8) is 0 Å². The number of amides is 4. The van der Waals surface area contributed by atoms with Gasteiger partial charge in [0.05, 0.1) is 29.9 Å². The second kappa shape index (κ2) is 15.8. The van der Waals surface area contributed by atoms with Crippen molar-refractivity contribution in [3.05, 3.63) is 23.9 Å². The molecule has 3 N–H and O–H groups in total. The molecule has 1 saturated heterocycles. The normalized spacial score (nSPS) is 33.3. The maximum atomic E-state index is 14.9. The van der Waals surface area contributed by atoms with Crippen LogP contribution in [-0.2, 0) is 35.6 Å². The Morgan fingerprint density at radius 1 is 1.05 bits per heavy atom. The number of benzene rings is 1.